The fourth-order valence-electron chi connectivity index (χ4n) is 3.45. The Balaban J connectivity index is 1.59. The van der Waals surface area contributed by atoms with Crippen molar-refractivity contribution in [2.45, 2.75) is 51.5 Å². The van der Waals surface area contributed by atoms with Crippen molar-refractivity contribution < 1.29 is 0 Å². The average Bonchev–Trinajstić information content (AvgIpc) is 2.93. The zero-order valence-electron chi connectivity index (χ0n) is 12.1. The lowest BCUT2D eigenvalue weighted by atomic mass is 10.0. The number of benzene rings is 1. The van der Waals surface area contributed by atoms with Crippen molar-refractivity contribution in [2.24, 2.45) is 0 Å². The molecule has 1 N–H and O–H groups in total. The Morgan fingerprint density at radius 1 is 1.16 bits per heavy atom. The van der Waals surface area contributed by atoms with Gasteiger partial charge in [0.2, 0.25) is 0 Å². The highest BCUT2D eigenvalue weighted by Crippen LogP contribution is 2.28. The first-order chi connectivity index (χ1) is 9.36. The molecule has 1 fully saturated rings. The van der Waals surface area contributed by atoms with E-state index in [1.54, 1.807) is 11.1 Å². The van der Waals surface area contributed by atoms with E-state index in [0.29, 0.717) is 0 Å². The molecule has 0 radical (unpaired) electrons. The van der Waals surface area contributed by atoms with E-state index in [0.717, 1.165) is 6.04 Å². The Morgan fingerprint density at radius 2 is 1.95 bits per heavy atom. The van der Waals surface area contributed by atoms with Crippen LogP contribution in [0.15, 0.2) is 18.2 Å². The van der Waals surface area contributed by atoms with Crippen molar-refractivity contribution in [3.8, 4) is 0 Å². The predicted molar refractivity (Wildman–Crippen MR) is 82.0 cm³/mol. The maximum absolute atomic E-state index is 3.66. The van der Waals surface area contributed by atoms with Gasteiger partial charge in [-0.25, -0.2) is 0 Å². The van der Waals surface area contributed by atoms with E-state index in [9.17, 15) is 0 Å². The molecule has 0 aromatic heterocycles. The maximum atomic E-state index is 3.66. The molecule has 104 valence electrons. The molecule has 2 nitrogen and oxygen atoms in total. The smallest absolute Gasteiger partial charge is 0.0369 e. The van der Waals surface area contributed by atoms with Gasteiger partial charge in [-0.2, -0.15) is 0 Å². The third-order valence-corrected chi connectivity index (χ3v) is 4.63. The minimum absolute atomic E-state index is 0.741. The van der Waals surface area contributed by atoms with Crippen molar-refractivity contribution in [1.29, 1.82) is 0 Å². The third-order valence-electron chi connectivity index (χ3n) is 4.63. The lowest BCUT2D eigenvalue weighted by molar-refractivity contribution is 0.416. The molecule has 0 amide bonds. The summed E-state index contributed by atoms with van der Waals surface area (Å²) in [7, 11) is 0. The van der Waals surface area contributed by atoms with Crippen LogP contribution in [0.3, 0.4) is 0 Å². The van der Waals surface area contributed by atoms with E-state index in [4.69, 9.17) is 0 Å². The van der Waals surface area contributed by atoms with Gasteiger partial charge >= 0.3 is 0 Å². The molecular weight excluding hydrogens is 232 g/mol. The molecule has 0 atom stereocenters. The van der Waals surface area contributed by atoms with Crippen LogP contribution < -0.4 is 10.2 Å². The number of nitrogens with zero attached hydrogens (tertiary/aromatic N) is 1. The van der Waals surface area contributed by atoms with Crippen molar-refractivity contribution in [3.63, 3.8) is 0 Å². The van der Waals surface area contributed by atoms with Crippen LogP contribution in [0.5, 0.6) is 0 Å². The summed E-state index contributed by atoms with van der Waals surface area (Å²) < 4.78 is 0. The molecule has 1 aromatic carbocycles. The first kappa shape index (κ1) is 13.0. The molecule has 2 heteroatoms. The maximum Gasteiger partial charge on any atom is 0.0369 e. The van der Waals surface area contributed by atoms with Gasteiger partial charge in [-0.15, -0.1) is 0 Å². The highest BCUT2D eigenvalue weighted by Gasteiger charge is 2.20. The summed E-state index contributed by atoms with van der Waals surface area (Å²) in [5.41, 5.74) is 4.64. The quantitative estimate of drug-likeness (QED) is 0.892. The molecule has 3 rings (SSSR count). The highest BCUT2D eigenvalue weighted by molar-refractivity contribution is 5.52. The normalized spacial score (nSPS) is 19.7. The van der Waals surface area contributed by atoms with Gasteiger partial charge in [0, 0.05) is 24.8 Å². The molecule has 1 saturated heterocycles. The summed E-state index contributed by atoms with van der Waals surface area (Å²) in [6.07, 6.45) is 7.75. The number of anilines is 1. The summed E-state index contributed by atoms with van der Waals surface area (Å²) in [6.45, 7) is 5.83. The van der Waals surface area contributed by atoms with Gasteiger partial charge in [0.15, 0.2) is 0 Å². The van der Waals surface area contributed by atoms with Crippen LogP contribution in [0.4, 0.5) is 5.69 Å². The van der Waals surface area contributed by atoms with Crippen LogP contribution in [-0.2, 0) is 12.8 Å². The fraction of sp³-hybridized carbons (Fsp3) is 0.647. The zero-order valence-corrected chi connectivity index (χ0v) is 12.1. The monoisotopic (exact) mass is 258 g/mol. The molecule has 0 unspecified atom stereocenters. The van der Waals surface area contributed by atoms with Gasteiger partial charge in [-0.3, -0.25) is 0 Å². The predicted octanol–water partition coefficient (Wildman–Crippen LogP) is 3.14. The second-order valence-corrected chi connectivity index (χ2v) is 6.02. The zero-order chi connectivity index (χ0) is 13.1. The molecule has 1 aromatic rings. The molecule has 19 heavy (non-hydrogen) atoms. The molecule has 1 heterocycles. The van der Waals surface area contributed by atoms with Gasteiger partial charge in [0.25, 0.3) is 0 Å². The molecule has 1 aliphatic carbocycles. The summed E-state index contributed by atoms with van der Waals surface area (Å²) in [4.78, 5) is 2.57. The summed E-state index contributed by atoms with van der Waals surface area (Å²) in [5, 5.41) is 3.66. The number of piperidine rings is 1. The molecule has 1 aliphatic heterocycles. The lowest BCUT2D eigenvalue weighted by Gasteiger charge is -2.34. The van der Waals surface area contributed by atoms with Gasteiger partial charge < -0.3 is 10.2 Å². The average molecular weight is 258 g/mol. The van der Waals surface area contributed by atoms with Crippen LogP contribution >= 0.6 is 0 Å². The first-order valence-electron chi connectivity index (χ1n) is 7.97. The minimum Gasteiger partial charge on any atom is -0.371 e. The van der Waals surface area contributed by atoms with E-state index in [1.807, 2.05) is 0 Å². The Morgan fingerprint density at radius 3 is 2.74 bits per heavy atom. The van der Waals surface area contributed by atoms with Gasteiger partial charge in [0.05, 0.1) is 0 Å². The van der Waals surface area contributed by atoms with E-state index in [2.05, 4.69) is 35.3 Å². The van der Waals surface area contributed by atoms with Gasteiger partial charge in [0.1, 0.15) is 0 Å². The summed E-state index contributed by atoms with van der Waals surface area (Å²) in [6, 6.07) is 7.89. The highest BCUT2D eigenvalue weighted by atomic mass is 15.1. The number of hydrogen-bond acceptors (Lipinski definition) is 2. The number of nitrogens with one attached hydrogen (secondary N) is 1. The number of hydrogen-bond donors (Lipinski definition) is 1. The van der Waals surface area contributed by atoms with Crippen LogP contribution in [0, 0.1) is 0 Å². The second kappa shape index (κ2) is 5.96. The Hall–Kier alpha value is -1.02. The first-order valence-corrected chi connectivity index (χ1v) is 7.97. The lowest BCUT2D eigenvalue weighted by Crippen LogP contribution is -2.42. The van der Waals surface area contributed by atoms with E-state index in [-0.39, 0.29) is 0 Å². The largest absolute Gasteiger partial charge is 0.371 e. The SMILES string of the molecule is CCCNC1CCN(c2ccc3c(c2)CCC3)CC1. The fourth-order valence-corrected chi connectivity index (χ4v) is 3.45. The Labute approximate surface area is 117 Å². The number of rotatable bonds is 4. The Bertz CT molecular complexity index is 419. The van der Waals surface area contributed by atoms with Crippen LogP contribution in [0.2, 0.25) is 0 Å². The number of aryl methyl sites for hydroxylation is 2. The molecule has 0 bridgehead atoms. The summed E-state index contributed by atoms with van der Waals surface area (Å²) in [5.74, 6) is 0. The van der Waals surface area contributed by atoms with Crippen molar-refractivity contribution in [1.82, 2.24) is 5.32 Å². The molecular formula is C17H26N2. The summed E-state index contributed by atoms with van der Waals surface area (Å²) >= 11 is 0. The molecule has 0 saturated carbocycles. The van der Waals surface area contributed by atoms with Crippen molar-refractivity contribution in [2.75, 3.05) is 24.5 Å². The number of fused-ring (bicyclic) bond motifs is 1. The molecule has 2 aliphatic rings. The van der Waals surface area contributed by atoms with E-state index < -0.39 is 0 Å². The van der Waals surface area contributed by atoms with Crippen LogP contribution in [0.25, 0.3) is 0 Å². The topological polar surface area (TPSA) is 15.3 Å². The van der Waals surface area contributed by atoms with E-state index >= 15 is 0 Å². The van der Waals surface area contributed by atoms with Crippen LogP contribution in [-0.4, -0.2) is 25.7 Å². The third kappa shape index (κ3) is 2.94. The van der Waals surface area contributed by atoms with Crippen molar-refractivity contribution in [3.05, 3.63) is 29.3 Å². The second-order valence-electron chi connectivity index (χ2n) is 6.02. The minimum atomic E-state index is 0.741. The van der Waals surface area contributed by atoms with Crippen LogP contribution in [0.1, 0.15) is 43.7 Å². The van der Waals surface area contributed by atoms with Crippen molar-refractivity contribution >= 4 is 5.69 Å². The Kier molecular flexibility index (Phi) is 4.07. The van der Waals surface area contributed by atoms with Gasteiger partial charge in [-0.05, 0) is 68.3 Å². The van der Waals surface area contributed by atoms with Gasteiger partial charge in [-0.1, -0.05) is 13.0 Å². The molecule has 0 spiro atoms. The van der Waals surface area contributed by atoms with E-state index in [1.165, 1.54) is 63.8 Å². The standard InChI is InChI=1S/C17H26N2/c1-2-10-18-16-8-11-19(12-9-16)17-7-6-14-4-3-5-15(14)13-17/h6-7,13,16,18H,2-5,8-12H2,1H3.